The van der Waals surface area contributed by atoms with Crippen LogP contribution in [0, 0.1) is 5.92 Å². The van der Waals surface area contributed by atoms with Crippen LogP contribution in [0.25, 0.3) is 0 Å². The molecule has 1 aromatic carbocycles. The van der Waals surface area contributed by atoms with Gasteiger partial charge in [-0.1, -0.05) is 57.9 Å². The molecule has 0 spiro atoms. The minimum Gasteiger partial charge on any atom is -0.310 e. The van der Waals surface area contributed by atoms with E-state index in [1.165, 1.54) is 36.8 Å². The summed E-state index contributed by atoms with van der Waals surface area (Å²) in [6, 6.07) is 10.4. The van der Waals surface area contributed by atoms with Crippen molar-refractivity contribution in [2.45, 2.75) is 71.6 Å². The summed E-state index contributed by atoms with van der Waals surface area (Å²) in [5.74, 6) is 0.896. The zero-order valence-electron chi connectivity index (χ0n) is 14.2. The van der Waals surface area contributed by atoms with Gasteiger partial charge in [0.05, 0.1) is 0 Å². The largest absolute Gasteiger partial charge is 0.310 e. The highest BCUT2D eigenvalue weighted by Gasteiger charge is 2.22. The standard InChI is InChI=1S/C19H32N2/c1-15(2)20-13-17-8-6-9-18(12-17)14-21(4)19-10-5-7-16(3)11-19/h6,8-9,12,15-16,19-20H,5,7,10-11,13-14H2,1-4H3. The van der Waals surface area contributed by atoms with Crippen molar-refractivity contribution in [2.24, 2.45) is 5.92 Å². The predicted octanol–water partition coefficient (Wildman–Crippen LogP) is 4.20. The van der Waals surface area contributed by atoms with E-state index in [0.717, 1.165) is 25.0 Å². The molecular weight excluding hydrogens is 256 g/mol. The first kappa shape index (κ1) is 16.5. The van der Waals surface area contributed by atoms with Crippen LogP contribution in [0.4, 0.5) is 0 Å². The lowest BCUT2D eigenvalue weighted by molar-refractivity contribution is 0.157. The molecule has 1 aromatic rings. The molecule has 2 atom stereocenters. The lowest BCUT2D eigenvalue weighted by atomic mass is 9.86. The van der Waals surface area contributed by atoms with Crippen molar-refractivity contribution in [1.29, 1.82) is 0 Å². The van der Waals surface area contributed by atoms with Crippen molar-refractivity contribution in [1.82, 2.24) is 10.2 Å². The third-order valence-corrected chi connectivity index (χ3v) is 4.67. The maximum atomic E-state index is 3.50. The van der Waals surface area contributed by atoms with E-state index >= 15 is 0 Å². The number of nitrogens with zero attached hydrogens (tertiary/aromatic N) is 1. The first-order chi connectivity index (χ1) is 10.0. The van der Waals surface area contributed by atoms with Crippen LogP contribution in [0.5, 0.6) is 0 Å². The number of hydrogen-bond donors (Lipinski definition) is 1. The summed E-state index contributed by atoms with van der Waals surface area (Å²) < 4.78 is 0. The molecule has 1 fully saturated rings. The lowest BCUT2D eigenvalue weighted by Crippen LogP contribution is -2.35. The average Bonchev–Trinajstić information content (AvgIpc) is 2.45. The molecule has 118 valence electrons. The monoisotopic (exact) mass is 288 g/mol. The van der Waals surface area contributed by atoms with Gasteiger partial charge >= 0.3 is 0 Å². The summed E-state index contributed by atoms with van der Waals surface area (Å²) in [5, 5.41) is 3.50. The van der Waals surface area contributed by atoms with Crippen LogP contribution in [0.3, 0.4) is 0 Å². The van der Waals surface area contributed by atoms with Gasteiger partial charge in [-0.2, -0.15) is 0 Å². The van der Waals surface area contributed by atoms with Gasteiger partial charge in [0.2, 0.25) is 0 Å². The topological polar surface area (TPSA) is 15.3 Å². The SMILES string of the molecule is CC1CCCC(N(C)Cc2cccc(CNC(C)C)c2)C1. The highest BCUT2D eigenvalue weighted by atomic mass is 15.1. The van der Waals surface area contributed by atoms with Crippen LogP contribution in [-0.4, -0.2) is 24.0 Å². The van der Waals surface area contributed by atoms with E-state index in [-0.39, 0.29) is 0 Å². The third kappa shape index (κ3) is 5.44. The Morgan fingerprint density at radius 2 is 2.00 bits per heavy atom. The van der Waals surface area contributed by atoms with Crippen molar-refractivity contribution < 1.29 is 0 Å². The zero-order chi connectivity index (χ0) is 15.2. The van der Waals surface area contributed by atoms with E-state index in [0.29, 0.717) is 6.04 Å². The quantitative estimate of drug-likeness (QED) is 0.844. The fourth-order valence-corrected chi connectivity index (χ4v) is 3.38. The number of rotatable bonds is 6. The van der Waals surface area contributed by atoms with Gasteiger partial charge in [-0.05, 0) is 36.9 Å². The summed E-state index contributed by atoms with van der Waals surface area (Å²) in [4.78, 5) is 2.56. The Balaban J connectivity index is 1.90. The summed E-state index contributed by atoms with van der Waals surface area (Å²) in [7, 11) is 2.29. The summed E-state index contributed by atoms with van der Waals surface area (Å²) in [5.41, 5.74) is 2.84. The molecular formula is C19H32N2. The van der Waals surface area contributed by atoms with Crippen LogP contribution in [0.15, 0.2) is 24.3 Å². The molecule has 0 radical (unpaired) electrons. The Bertz CT molecular complexity index is 427. The van der Waals surface area contributed by atoms with Gasteiger partial charge in [0.15, 0.2) is 0 Å². The van der Waals surface area contributed by atoms with Crippen LogP contribution in [0.1, 0.15) is 57.6 Å². The molecule has 1 aliphatic rings. The van der Waals surface area contributed by atoms with Gasteiger partial charge in [0.1, 0.15) is 0 Å². The molecule has 0 heterocycles. The zero-order valence-corrected chi connectivity index (χ0v) is 14.2. The van der Waals surface area contributed by atoms with Crippen LogP contribution >= 0.6 is 0 Å². The predicted molar refractivity (Wildman–Crippen MR) is 91.3 cm³/mol. The van der Waals surface area contributed by atoms with Gasteiger partial charge in [-0.15, -0.1) is 0 Å². The van der Waals surface area contributed by atoms with Crippen LogP contribution in [-0.2, 0) is 13.1 Å². The van der Waals surface area contributed by atoms with E-state index in [2.05, 4.69) is 62.3 Å². The molecule has 2 heteroatoms. The summed E-state index contributed by atoms with van der Waals surface area (Å²) in [6.45, 7) is 8.84. The Morgan fingerprint density at radius 3 is 2.71 bits per heavy atom. The Kier molecular flexibility index (Phi) is 6.25. The average molecular weight is 288 g/mol. The Hall–Kier alpha value is -0.860. The minimum atomic E-state index is 0.542. The second-order valence-electron chi connectivity index (χ2n) is 7.20. The van der Waals surface area contributed by atoms with Crippen LogP contribution in [0.2, 0.25) is 0 Å². The molecule has 2 unspecified atom stereocenters. The van der Waals surface area contributed by atoms with Gasteiger partial charge in [-0.25, -0.2) is 0 Å². The molecule has 21 heavy (non-hydrogen) atoms. The van der Waals surface area contributed by atoms with Crippen molar-refractivity contribution in [2.75, 3.05) is 7.05 Å². The van der Waals surface area contributed by atoms with E-state index in [9.17, 15) is 0 Å². The van der Waals surface area contributed by atoms with E-state index in [4.69, 9.17) is 0 Å². The molecule has 1 aliphatic carbocycles. The molecule has 0 amide bonds. The van der Waals surface area contributed by atoms with Crippen molar-refractivity contribution in [3.05, 3.63) is 35.4 Å². The molecule has 0 aliphatic heterocycles. The van der Waals surface area contributed by atoms with E-state index < -0.39 is 0 Å². The van der Waals surface area contributed by atoms with Gasteiger partial charge in [0, 0.05) is 25.2 Å². The maximum Gasteiger partial charge on any atom is 0.0233 e. The number of benzene rings is 1. The number of nitrogens with one attached hydrogen (secondary N) is 1. The van der Waals surface area contributed by atoms with Gasteiger partial charge < -0.3 is 5.32 Å². The number of hydrogen-bond acceptors (Lipinski definition) is 2. The molecule has 2 nitrogen and oxygen atoms in total. The first-order valence-electron chi connectivity index (χ1n) is 8.56. The fraction of sp³-hybridized carbons (Fsp3) is 0.684. The van der Waals surface area contributed by atoms with Crippen molar-refractivity contribution in [3.63, 3.8) is 0 Å². The lowest BCUT2D eigenvalue weighted by Gasteiger charge is -2.34. The molecule has 0 bridgehead atoms. The molecule has 2 rings (SSSR count). The third-order valence-electron chi connectivity index (χ3n) is 4.67. The Morgan fingerprint density at radius 1 is 1.24 bits per heavy atom. The summed E-state index contributed by atoms with van der Waals surface area (Å²) in [6.07, 6.45) is 5.55. The Labute approximate surface area is 130 Å². The molecule has 0 aromatic heterocycles. The smallest absolute Gasteiger partial charge is 0.0233 e. The van der Waals surface area contributed by atoms with E-state index in [1.807, 2.05) is 0 Å². The van der Waals surface area contributed by atoms with E-state index in [1.54, 1.807) is 0 Å². The highest BCUT2D eigenvalue weighted by molar-refractivity contribution is 5.23. The first-order valence-corrected chi connectivity index (χ1v) is 8.56. The molecule has 0 saturated heterocycles. The highest BCUT2D eigenvalue weighted by Crippen LogP contribution is 2.27. The normalized spacial score (nSPS) is 23.0. The summed E-state index contributed by atoms with van der Waals surface area (Å²) >= 11 is 0. The van der Waals surface area contributed by atoms with Crippen molar-refractivity contribution >= 4 is 0 Å². The fourth-order valence-electron chi connectivity index (χ4n) is 3.38. The molecule has 1 N–H and O–H groups in total. The maximum absolute atomic E-state index is 3.50. The second-order valence-corrected chi connectivity index (χ2v) is 7.20. The van der Waals surface area contributed by atoms with Gasteiger partial charge in [-0.3, -0.25) is 4.90 Å². The minimum absolute atomic E-state index is 0.542. The molecule has 1 saturated carbocycles. The van der Waals surface area contributed by atoms with Gasteiger partial charge in [0.25, 0.3) is 0 Å². The van der Waals surface area contributed by atoms with Crippen molar-refractivity contribution in [3.8, 4) is 0 Å². The van der Waals surface area contributed by atoms with Crippen LogP contribution < -0.4 is 5.32 Å². The second kappa shape index (κ2) is 7.95.